The van der Waals surface area contributed by atoms with E-state index in [0.29, 0.717) is 0 Å². The fourth-order valence-corrected chi connectivity index (χ4v) is 1.89. The molecule has 4 heteroatoms. The normalized spacial score (nSPS) is 19.3. The highest BCUT2D eigenvalue weighted by Gasteiger charge is 2.36. The molecule has 1 fully saturated rings. The van der Waals surface area contributed by atoms with Crippen LogP contribution < -0.4 is 0 Å². The maximum atomic E-state index is 11.7. The predicted octanol–water partition coefficient (Wildman–Crippen LogP) is 1.67. The second-order valence-electron chi connectivity index (χ2n) is 4.27. The molecule has 15 heavy (non-hydrogen) atoms. The molecule has 1 rings (SSSR count). The fourth-order valence-electron chi connectivity index (χ4n) is 1.89. The van der Waals surface area contributed by atoms with Crippen molar-refractivity contribution in [2.24, 2.45) is 5.41 Å². The summed E-state index contributed by atoms with van der Waals surface area (Å²) in [4.78, 5) is 22.5. The van der Waals surface area contributed by atoms with Crippen LogP contribution in [0.5, 0.6) is 0 Å². The van der Waals surface area contributed by atoms with Crippen LogP contribution in [0.15, 0.2) is 0 Å². The van der Waals surface area contributed by atoms with Gasteiger partial charge in [-0.3, -0.25) is 4.79 Å². The summed E-state index contributed by atoms with van der Waals surface area (Å²) in [6.07, 6.45) is 5.01. The Kier molecular flexibility index (Phi) is 4.12. The summed E-state index contributed by atoms with van der Waals surface area (Å²) in [6, 6.07) is 0. The van der Waals surface area contributed by atoms with E-state index in [1.54, 1.807) is 0 Å². The number of ether oxygens (including phenoxy) is 2. The van der Waals surface area contributed by atoms with Gasteiger partial charge in [-0.25, -0.2) is 4.79 Å². The van der Waals surface area contributed by atoms with Gasteiger partial charge in [0.15, 0.2) is 6.61 Å². The van der Waals surface area contributed by atoms with Gasteiger partial charge in [0, 0.05) is 0 Å². The molecular formula is C11H18O4. The molecule has 86 valence electrons. The van der Waals surface area contributed by atoms with E-state index < -0.39 is 11.4 Å². The number of carbonyl (C=O) groups is 2. The van der Waals surface area contributed by atoms with Crippen LogP contribution in [-0.2, 0) is 19.1 Å². The van der Waals surface area contributed by atoms with Gasteiger partial charge < -0.3 is 9.47 Å². The van der Waals surface area contributed by atoms with Gasteiger partial charge in [-0.2, -0.15) is 0 Å². The van der Waals surface area contributed by atoms with E-state index >= 15 is 0 Å². The van der Waals surface area contributed by atoms with Gasteiger partial charge >= 0.3 is 11.9 Å². The Morgan fingerprint density at radius 1 is 1.20 bits per heavy atom. The van der Waals surface area contributed by atoms with Crippen LogP contribution in [-0.4, -0.2) is 25.7 Å². The minimum absolute atomic E-state index is 0.271. The zero-order valence-electron chi connectivity index (χ0n) is 9.38. The first kappa shape index (κ1) is 12.0. The molecule has 0 amide bonds. The lowest BCUT2D eigenvalue weighted by Crippen LogP contribution is -2.33. The maximum Gasteiger partial charge on any atom is 0.344 e. The largest absolute Gasteiger partial charge is 0.466 e. The summed E-state index contributed by atoms with van der Waals surface area (Å²) in [5.41, 5.74) is -0.397. The molecule has 1 aliphatic rings. The Hall–Kier alpha value is -1.06. The molecular weight excluding hydrogens is 196 g/mol. The average molecular weight is 214 g/mol. The molecule has 1 saturated carbocycles. The van der Waals surface area contributed by atoms with Gasteiger partial charge in [-0.15, -0.1) is 0 Å². The Bertz CT molecular complexity index is 241. The molecule has 0 aromatic carbocycles. The first-order valence-electron chi connectivity index (χ1n) is 5.32. The molecule has 1 aliphatic carbocycles. The van der Waals surface area contributed by atoms with Crippen molar-refractivity contribution in [3.8, 4) is 0 Å². The lowest BCUT2D eigenvalue weighted by atomic mass is 9.76. The van der Waals surface area contributed by atoms with Crippen molar-refractivity contribution in [3.63, 3.8) is 0 Å². The summed E-state index contributed by atoms with van der Waals surface area (Å²) in [7, 11) is 1.28. The number of rotatable bonds is 3. The Morgan fingerprint density at radius 2 is 1.80 bits per heavy atom. The first-order chi connectivity index (χ1) is 7.08. The molecule has 0 saturated heterocycles. The maximum absolute atomic E-state index is 11.7. The highest BCUT2D eigenvalue weighted by Crippen LogP contribution is 2.36. The first-order valence-corrected chi connectivity index (χ1v) is 5.32. The van der Waals surface area contributed by atoms with Crippen LogP contribution >= 0.6 is 0 Å². The summed E-state index contributed by atoms with van der Waals surface area (Å²) in [6.45, 7) is 1.64. The number of carbonyl (C=O) groups excluding carboxylic acids is 2. The molecule has 0 spiro atoms. The molecule has 0 atom stereocenters. The molecule has 0 aliphatic heterocycles. The van der Waals surface area contributed by atoms with Crippen LogP contribution in [0.3, 0.4) is 0 Å². The highest BCUT2D eigenvalue weighted by atomic mass is 16.6. The number of esters is 2. The van der Waals surface area contributed by atoms with Crippen molar-refractivity contribution in [2.75, 3.05) is 13.7 Å². The number of hydrogen-bond donors (Lipinski definition) is 0. The van der Waals surface area contributed by atoms with E-state index in [1.807, 2.05) is 6.92 Å². The Labute approximate surface area is 89.9 Å². The Balaban J connectivity index is 2.41. The van der Waals surface area contributed by atoms with Crippen molar-refractivity contribution < 1.29 is 19.1 Å². The third-order valence-corrected chi connectivity index (χ3v) is 3.00. The molecule has 0 bridgehead atoms. The molecule has 0 N–H and O–H groups in total. The zero-order chi connectivity index (χ0) is 11.3. The third-order valence-electron chi connectivity index (χ3n) is 3.00. The summed E-state index contributed by atoms with van der Waals surface area (Å²) in [5.74, 6) is -0.782. The van der Waals surface area contributed by atoms with Crippen molar-refractivity contribution in [2.45, 2.75) is 39.0 Å². The smallest absolute Gasteiger partial charge is 0.344 e. The van der Waals surface area contributed by atoms with Gasteiger partial charge in [-0.1, -0.05) is 19.3 Å². The van der Waals surface area contributed by atoms with Crippen LogP contribution in [0, 0.1) is 5.41 Å². The van der Waals surface area contributed by atoms with Crippen molar-refractivity contribution >= 4 is 11.9 Å². The molecule has 0 unspecified atom stereocenters. The van der Waals surface area contributed by atoms with E-state index in [4.69, 9.17) is 4.74 Å². The molecule has 0 aromatic heterocycles. The lowest BCUT2D eigenvalue weighted by molar-refractivity contribution is -0.165. The second-order valence-corrected chi connectivity index (χ2v) is 4.27. The van der Waals surface area contributed by atoms with Crippen LogP contribution in [0.4, 0.5) is 0 Å². The van der Waals surface area contributed by atoms with Gasteiger partial charge in [0.1, 0.15) is 0 Å². The van der Waals surface area contributed by atoms with Crippen LogP contribution in [0.25, 0.3) is 0 Å². The SMILES string of the molecule is COC(=O)COC(=O)C1(C)CCCCC1. The molecule has 0 heterocycles. The fraction of sp³-hybridized carbons (Fsp3) is 0.818. The zero-order valence-corrected chi connectivity index (χ0v) is 9.38. The van der Waals surface area contributed by atoms with Crippen molar-refractivity contribution in [1.29, 1.82) is 0 Å². The standard InChI is InChI=1S/C11H18O4/c1-11(6-4-3-5-7-11)10(13)15-8-9(12)14-2/h3-8H2,1-2H3. The van der Waals surface area contributed by atoms with Gasteiger partial charge in [0.05, 0.1) is 12.5 Å². The highest BCUT2D eigenvalue weighted by molar-refractivity contribution is 5.80. The van der Waals surface area contributed by atoms with Gasteiger partial charge in [0.2, 0.25) is 0 Å². The van der Waals surface area contributed by atoms with Crippen molar-refractivity contribution in [1.82, 2.24) is 0 Å². The van der Waals surface area contributed by atoms with E-state index in [-0.39, 0.29) is 12.6 Å². The third kappa shape index (κ3) is 3.22. The second kappa shape index (κ2) is 5.14. The summed E-state index contributed by atoms with van der Waals surface area (Å²) in [5, 5.41) is 0. The van der Waals surface area contributed by atoms with E-state index in [1.165, 1.54) is 13.5 Å². The topological polar surface area (TPSA) is 52.6 Å². The van der Waals surface area contributed by atoms with Crippen LogP contribution in [0.2, 0.25) is 0 Å². The van der Waals surface area contributed by atoms with Gasteiger partial charge in [-0.05, 0) is 19.8 Å². The Morgan fingerprint density at radius 3 is 2.33 bits per heavy atom. The minimum atomic E-state index is -0.511. The monoisotopic (exact) mass is 214 g/mol. The van der Waals surface area contributed by atoms with E-state index in [0.717, 1.165) is 25.7 Å². The average Bonchev–Trinajstić information content (AvgIpc) is 2.26. The molecule has 0 aromatic rings. The van der Waals surface area contributed by atoms with E-state index in [9.17, 15) is 9.59 Å². The lowest BCUT2D eigenvalue weighted by Gasteiger charge is -2.30. The molecule has 4 nitrogen and oxygen atoms in total. The number of methoxy groups -OCH3 is 1. The predicted molar refractivity (Wildman–Crippen MR) is 54.2 cm³/mol. The molecule has 0 radical (unpaired) electrons. The quantitative estimate of drug-likeness (QED) is 0.671. The number of hydrogen-bond acceptors (Lipinski definition) is 4. The summed E-state index contributed by atoms with van der Waals surface area (Å²) < 4.78 is 9.33. The summed E-state index contributed by atoms with van der Waals surface area (Å²) >= 11 is 0. The minimum Gasteiger partial charge on any atom is -0.466 e. The van der Waals surface area contributed by atoms with Crippen molar-refractivity contribution in [3.05, 3.63) is 0 Å². The van der Waals surface area contributed by atoms with E-state index in [2.05, 4.69) is 4.74 Å². The van der Waals surface area contributed by atoms with Crippen LogP contribution in [0.1, 0.15) is 39.0 Å². The van der Waals surface area contributed by atoms with Gasteiger partial charge in [0.25, 0.3) is 0 Å².